The van der Waals surface area contributed by atoms with Gasteiger partial charge >= 0.3 is 0 Å². The molecule has 3 aromatic carbocycles. The molecule has 8 heteroatoms. The largest absolute Gasteiger partial charge is 0.390 e. The van der Waals surface area contributed by atoms with Gasteiger partial charge in [-0.15, -0.1) is 0 Å². The first-order valence-corrected chi connectivity index (χ1v) is 11.2. The van der Waals surface area contributed by atoms with E-state index in [2.05, 4.69) is 4.72 Å². The zero-order chi connectivity index (χ0) is 20.6. The van der Waals surface area contributed by atoms with Crippen molar-refractivity contribution in [3.63, 3.8) is 0 Å². The smallest absolute Gasteiger partial charge is 0.240 e. The van der Waals surface area contributed by atoms with Gasteiger partial charge in [-0.1, -0.05) is 41.4 Å². The third-order valence-corrected chi connectivity index (χ3v) is 6.65. The molecule has 29 heavy (non-hydrogen) atoms. The number of sulfonamides is 1. The lowest BCUT2D eigenvalue weighted by atomic mass is 10.1. The van der Waals surface area contributed by atoms with Crippen molar-refractivity contribution in [2.75, 3.05) is 6.54 Å². The van der Waals surface area contributed by atoms with Gasteiger partial charge in [-0.2, -0.15) is 0 Å². The minimum atomic E-state index is -3.68. The van der Waals surface area contributed by atoms with Gasteiger partial charge in [0.15, 0.2) is 0 Å². The summed E-state index contributed by atoms with van der Waals surface area (Å²) in [4.78, 5) is 0.161. The van der Waals surface area contributed by atoms with Crippen molar-refractivity contribution in [2.24, 2.45) is 0 Å². The summed E-state index contributed by atoms with van der Waals surface area (Å²) in [6.07, 6.45) is -0.932. The lowest BCUT2D eigenvalue weighted by Crippen LogP contribution is -2.34. The van der Waals surface area contributed by atoms with Crippen LogP contribution in [-0.2, 0) is 16.6 Å². The van der Waals surface area contributed by atoms with E-state index in [1.807, 2.05) is 28.8 Å². The van der Waals surface area contributed by atoms with Gasteiger partial charge in [-0.25, -0.2) is 13.1 Å². The predicted molar refractivity (Wildman–Crippen MR) is 117 cm³/mol. The van der Waals surface area contributed by atoms with Crippen LogP contribution in [0.15, 0.2) is 71.6 Å². The Labute approximate surface area is 178 Å². The summed E-state index contributed by atoms with van der Waals surface area (Å²) < 4.78 is 29.2. The fraction of sp³-hybridized carbons (Fsp3) is 0.143. The van der Waals surface area contributed by atoms with E-state index in [1.54, 1.807) is 30.3 Å². The normalized spacial score (nSPS) is 13.2. The van der Waals surface area contributed by atoms with Crippen LogP contribution in [0.2, 0.25) is 10.0 Å². The Kier molecular flexibility index (Phi) is 5.55. The second-order valence-electron chi connectivity index (χ2n) is 6.75. The van der Waals surface area contributed by atoms with Gasteiger partial charge in [0.1, 0.15) is 0 Å². The molecule has 0 spiro atoms. The van der Waals surface area contributed by atoms with Crippen LogP contribution in [0.4, 0.5) is 0 Å². The Morgan fingerprint density at radius 2 is 1.45 bits per heavy atom. The molecule has 4 aromatic rings. The molecule has 0 radical (unpaired) electrons. The van der Waals surface area contributed by atoms with E-state index in [4.69, 9.17) is 23.2 Å². The lowest BCUT2D eigenvalue weighted by molar-refractivity contribution is 0.161. The minimum Gasteiger partial charge on any atom is -0.390 e. The van der Waals surface area contributed by atoms with Gasteiger partial charge in [0.25, 0.3) is 0 Å². The minimum absolute atomic E-state index is 0.112. The van der Waals surface area contributed by atoms with Crippen LogP contribution in [0.1, 0.15) is 0 Å². The zero-order valence-electron chi connectivity index (χ0n) is 15.2. The summed E-state index contributed by atoms with van der Waals surface area (Å²) >= 11 is 12.3. The Bertz CT molecular complexity index is 1230. The molecule has 0 bridgehead atoms. The van der Waals surface area contributed by atoms with Crippen LogP contribution in [0, 0.1) is 0 Å². The second-order valence-corrected chi connectivity index (χ2v) is 9.39. The Morgan fingerprint density at radius 3 is 2.00 bits per heavy atom. The predicted octanol–water partition coefficient (Wildman–Crippen LogP) is 4.44. The molecule has 5 nitrogen and oxygen atoms in total. The standard InChI is InChI=1S/C21H18Cl2N2O3S/c22-14-6-8-20-18(10-14)19-11-15(23)7-9-21(19)25(20)13-16(26)12-24-29(27,28)17-4-2-1-3-5-17/h1-11,16,24,26H,12-13H2/t16-/m1/s1. The summed E-state index contributed by atoms with van der Waals surface area (Å²) in [6.45, 7) is 0.0974. The summed E-state index contributed by atoms with van der Waals surface area (Å²) in [6, 6.07) is 19.1. The number of aliphatic hydroxyl groups is 1. The molecule has 4 rings (SSSR count). The van der Waals surface area contributed by atoms with Crippen LogP contribution >= 0.6 is 23.2 Å². The van der Waals surface area contributed by atoms with Crippen molar-refractivity contribution >= 4 is 55.0 Å². The monoisotopic (exact) mass is 448 g/mol. The highest BCUT2D eigenvalue weighted by molar-refractivity contribution is 7.89. The van der Waals surface area contributed by atoms with E-state index in [1.165, 1.54) is 12.1 Å². The molecular weight excluding hydrogens is 431 g/mol. The van der Waals surface area contributed by atoms with E-state index in [-0.39, 0.29) is 18.0 Å². The summed E-state index contributed by atoms with van der Waals surface area (Å²) in [5, 5.41) is 13.6. The molecule has 0 fully saturated rings. The quantitative estimate of drug-likeness (QED) is 0.457. The van der Waals surface area contributed by atoms with Crippen molar-refractivity contribution in [1.29, 1.82) is 0 Å². The van der Waals surface area contributed by atoms with Gasteiger partial charge in [-0.3, -0.25) is 0 Å². The molecule has 0 saturated carbocycles. The summed E-state index contributed by atoms with van der Waals surface area (Å²) in [7, 11) is -3.68. The number of fused-ring (bicyclic) bond motifs is 3. The molecule has 1 atom stereocenters. The molecule has 0 aliphatic heterocycles. The molecule has 2 N–H and O–H groups in total. The van der Waals surface area contributed by atoms with Crippen LogP contribution in [0.5, 0.6) is 0 Å². The van der Waals surface area contributed by atoms with Crippen LogP contribution < -0.4 is 4.72 Å². The number of rotatable bonds is 6. The second kappa shape index (κ2) is 7.97. The number of nitrogens with zero attached hydrogens (tertiary/aromatic N) is 1. The highest BCUT2D eigenvalue weighted by atomic mass is 35.5. The lowest BCUT2D eigenvalue weighted by Gasteiger charge is -2.15. The molecule has 150 valence electrons. The zero-order valence-corrected chi connectivity index (χ0v) is 17.5. The number of aromatic nitrogens is 1. The fourth-order valence-corrected chi connectivity index (χ4v) is 4.85. The summed E-state index contributed by atoms with van der Waals surface area (Å²) in [5.41, 5.74) is 1.77. The Hall–Kier alpha value is -2.09. The van der Waals surface area contributed by atoms with Gasteiger partial charge in [-0.05, 0) is 48.5 Å². The topological polar surface area (TPSA) is 71.3 Å². The van der Waals surface area contributed by atoms with Crippen molar-refractivity contribution in [3.05, 3.63) is 76.8 Å². The molecule has 1 aromatic heterocycles. The van der Waals surface area contributed by atoms with E-state index in [9.17, 15) is 13.5 Å². The number of aliphatic hydroxyl groups excluding tert-OH is 1. The molecule has 0 unspecified atom stereocenters. The van der Waals surface area contributed by atoms with E-state index in [0.29, 0.717) is 10.0 Å². The maximum Gasteiger partial charge on any atom is 0.240 e. The average Bonchev–Trinajstić information content (AvgIpc) is 2.99. The van der Waals surface area contributed by atoms with Crippen molar-refractivity contribution in [1.82, 2.24) is 9.29 Å². The molecule has 0 aliphatic rings. The van der Waals surface area contributed by atoms with E-state index < -0.39 is 16.1 Å². The van der Waals surface area contributed by atoms with E-state index >= 15 is 0 Å². The SMILES string of the molecule is O=S(=O)(NC[C@@H](O)Cn1c2ccc(Cl)cc2c2cc(Cl)ccc21)c1ccccc1. The van der Waals surface area contributed by atoms with Crippen LogP contribution in [0.25, 0.3) is 21.8 Å². The Morgan fingerprint density at radius 1 is 0.897 bits per heavy atom. The van der Waals surface area contributed by atoms with Gasteiger partial charge in [0, 0.05) is 38.4 Å². The molecule has 0 amide bonds. The van der Waals surface area contributed by atoms with Crippen molar-refractivity contribution in [3.8, 4) is 0 Å². The highest BCUT2D eigenvalue weighted by Crippen LogP contribution is 2.33. The number of nitrogens with one attached hydrogen (secondary N) is 1. The number of hydrogen-bond acceptors (Lipinski definition) is 3. The number of benzene rings is 3. The van der Waals surface area contributed by atoms with E-state index in [0.717, 1.165) is 21.8 Å². The molecule has 0 saturated heterocycles. The maximum absolute atomic E-state index is 12.4. The Balaban J connectivity index is 1.62. The average molecular weight is 449 g/mol. The molecule has 1 heterocycles. The fourth-order valence-electron chi connectivity index (χ4n) is 3.41. The third kappa shape index (κ3) is 4.13. The first-order chi connectivity index (χ1) is 13.8. The summed E-state index contributed by atoms with van der Waals surface area (Å²) in [5.74, 6) is 0. The van der Waals surface area contributed by atoms with Crippen LogP contribution in [-0.4, -0.2) is 30.7 Å². The number of halogens is 2. The van der Waals surface area contributed by atoms with Crippen molar-refractivity contribution in [2.45, 2.75) is 17.5 Å². The molecule has 0 aliphatic carbocycles. The highest BCUT2D eigenvalue weighted by Gasteiger charge is 2.18. The third-order valence-electron chi connectivity index (χ3n) is 4.74. The van der Waals surface area contributed by atoms with Gasteiger partial charge in [0.05, 0.1) is 17.5 Å². The first kappa shape index (κ1) is 20.2. The van der Waals surface area contributed by atoms with Crippen LogP contribution in [0.3, 0.4) is 0 Å². The molecular formula is C21H18Cl2N2O3S. The first-order valence-electron chi connectivity index (χ1n) is 8.95. The van der Waals surface area contributed by atoms with Crippen molar-refractivity contribution < 1.29 is 13.5 Å². The maximum atomic E-state index is 12.4. The van der Waals surface area contributed by atoms with Gasteiger partial charge in [0.2, 0.25) is 10.0 Å². The number of hydrogen-bond donors (Lipinski definition) is 2. The van der Waals surface area contributed by atoms with Gasteiger partial charge < -0.3 is 9.67 Å².